The number of esters is 1. The molecule has 1 aliphatic heterocycles. The smallest absolute Gasteiger partial charge is 0.338 e. The molecule has 10 nitrogen and oxygen atoms in total. The fourth-order valence-corrected chi connectivity index (χ4v) is 3.12. The Bertz CT molecular complexity index is 1010. The van der Waals surface area contributed by atoms with Crippen LogP contribution in [0.5, 0.6) is 23.0 Å². The molecule has 0 bridgehead atoms. The Hall–Kier alpha value is -3.66. The lowest BCUT2D eigenvalue weighted by molar-refractivity contribution is -0.123. The number of carbonyl (C=O) groups is 3. The van der Waals surface area contributed by atoms with E-state index in [1.807, 2.05) is 6.07 Å². The first-order valence-corrected chi connectivity index (χ1v) is 9.84. The molecule has 32 heavy (non-hydrogen) atoms. The van der Waals surface area contributed by atoms with E-state index in [2.05, 4.69) is 10.6 Å². The number of hydrogen-bond donors (Lipinski definition) is 2. The van der Waals surface area contributed by atoms with Crippen molar-refractivity contribution in [1.29, 1.82) is 0 Å². The van der Waals surface area contributed by atoms with Crippen molar-refractivity contribution in [1.82, 2.24) is 10.6 Å². The van der Waals surface area contributed by atoms with E-state index in [1.54, 1.807) is 18.2 Å². The highest BCUT2D eigenvalue weighted by atomic mass is 35.5. The summed E-state index contributed by atoms with van der Waals surface area (Å²) in [5, 5.41) is 4.71. The summed E-state index contributed by atoms with van der Waals surface area (Å²) < 4.78 is 26.4. The van der Waals surface area contributed by atoms with Crippen molar-refractivity contribution in [3.8, 4) is 23.0 Å². The van der Waals surface area contributed by atoms with Crippen LogP contribution in [0.4, 0.5) is 4.79 Å². The van der Waals surface area contributed by atoms with Gasteiger partial charge in [0.1, 0.15) is 6.61 Å². The number of urea groups is 1. The first-order valence-electron chi connectivity index (χ1n) is 9.46. The minimum Gasteiger partial charge on any atom is -0.493 e. The predicted octanol–water partition coefficient (Wildman–Crippen LogP) is 2.18. The maximum Gasteiger partial charge on any atom is 0.338 e. The predicted molar refractivity (Wildman–Crippen MR) is 113 cm³/mol. The van der Waals surface area contributed by atoms with E-state index in [1.165, 1.54) is 26.4 Å². The molecule has 2 aromatic rings. The van der Waals surface area contributed by atoms with Crippen LogP contribution >= 0.6 is 11.6 Å². The molecule has 0 spiro atoms. The van der Waals surface area contributed by atoms with Gasteiger partial charge in [-0.1, -0.05) is 23.7 Å². The number of para-hydroxylation sites is 2. The van der Waals surface area contributed by atoms with Gasteiger partial charge >= 0.3 is 12.0 Å². The topological polar surface area (TPSA) is 121 Å². The fraction of sp³-hybridized carbons (Fsp3) is 0.286. The van der Waals surface area contributed by atoms with Crippen LogP contribution in [-0.2, 0) is 9.53 Å². The third-order valence-electron chi connectivity index (χ3n) is 4.31. The molecule has 2 N–H and O–H groups in total. The summed E-state index contributed by atoms with van der Waals surface area (Å²) in [6.45, 7) is -0.317. The Labute approximate surface area is 188 Å². The maximum atomic E-state index is 12.2. The fourth-order valence-electron chi connectivity index (χ4n) is 2.83. The van der Waals surface area contributed by atoms with Crippen LogP contribution < -0.4 is 29.6 Å². The molecule has 1 heterocycles. The number of benzene rings is 2. The largest absolute Gasteiger partial charge is 0.493 e. The van der Waals surface area contributed by atoms with E-state index in [-0.39, 0.29) is 35.2 Å². The molecule has 170 valence electrons. The maximum absolute atomic E-state index is 12.2. The van der Waals surface area contributed by atoms with Crippen molar-refractivity contribution in [2.45, 2.75) is 6.10 Å². The molecule has 3 amide bonds. The van der Waals surface area contributed by atoms with Crippen molar-refractivity contribution in [3.05, 3.63) is 47.0 Å². The highest BCUT2D eigenvalue weighted by molar-refractivity contribution is 6.32. The van der Waals surface area contributed by atoms with E-state index in [4.69, 9.17) is 35.3 Å². The zero-order valence-electron chi connectivity index (χ0n) is 17.3. The molecule has 11 heteroatoms. The number of amides is 3. The normalized spacial score (nSPS) is 14.2. The van der Waals surface area contributed by atoms with Crippen molar-refractivity contribution in [3.63, 3.8) is 0 Å². The number of nitrogens with one attached hydrogen (secondary N) is 2. The number of imide groups is 1. The lowest BCUT2D eigenvalue weighted by Crippen LogP contribution is -2.46. The van der Waals surface area contributed by atoms with E-state index in [0.29, 0.717) is 11.5 Å². The summed E-state index contributed by atoms with van der Waals surface area (Å²) in [5.74, 6) is 0.0527. The summed E-state index contributed by atoms with van der Waals surface area (Å²) in [6, 6.07) is 9.09. The van der Waals surface area contributed by atoms with Crippen molar-refractivity contribution in [2.75, 3.05) is 34.0 Å². The Balaban J connectivity index is 1.43. The Morgan fingerprint density at radius 3 is 2.59 bits per heavy atom. The number of halogens is 1. The molecule has 1 atom stereocenters. The molecule has 3 rings (SSSR count). The number of hydrogen-bond acceptors (Lipinski definition) is 8. The number of carbonyl (C=O) groups excluding carboxylic acids is 3. The first kappa shape index (κ1) is 23.0. The second-order valence-electron chi connectivity index (χ2n) is 6.53. The molecule has 0 saturated heterocycles. The van der Waals surface area contributed by atoms with Crippen LogP contribution in [-0.4, -0.2) is 58.0 Å². The van der Waals surface area contributed by atoms with Crippen LogP contribution in [0.3, 0.4) is 0 Å². The van der Waals surface area contributed by atoms with Crippen molar-refractivity contribution >= 4 is 29.5 Å². The number of methoxy groups -OCH3 is 2. The number of rotatable bonds is 7. The number of fused-ring (bicyclic) bond motifs is 1. The van der Waals surface area contributed by atoms with Gasteiger partial charge in [0.25, 0.3) is 5.91 Å². The second kappa shape index (κ2) is 10.6. The average molecular weight is 465 g/mol. The van der Waals surface area contributed by atoms with E-state index < -0.39 is 30.6 Å². The molecular weight excluding hydrogens is 444 g/mol. The second-order valence-corrected chi connectivity index (χ2v) is 6.93. The summed E-state index contributed by atoms with van der Waals surface area (Å²) in [6.07, 6.45) is -0.418. The third kappa shape index (κ3) is 5.73. The SMILES string of the molecule is COc1cc(C(=O)OCC(=O)NC(=O)NCC2COc3ccccc3O2)cc(Cl)c1OC. The zero-order chi connectivity index (χ0) is 23.1. The summed E-state index contributed by atoms with van der Waals surface area (Å²) in [7, 11) is 2.79. The van der Waals surface area contributed by atoms with Crippen LogP contribution in [0.2, 0.25) is 5.02 Å². The third-order valence-corrected chi connectivity index (χ3v) is 4.60. The first-order chi connectivity index (χ1) is 15.4. The lowest BCUT2D eigenvalue weighted by atomic mass is 10.2. The van der Waals surface area contributed by atoms with Crippen LogP contribution in [0.15, 0.2) is 36.4 Å². The van der Waals surface area contributed by atoms with Gasteiger partial charge in [0.05, 0.1) is 31.4 Å². The molecule has 1 aliphatic rings. The van der Waals surface area contributed by atoms with Gasteiger partial charge in [-0.2, -0.15) is 0 Å². The quantitative estimate of drug-likeness (QED) is 0.598. The lowest BCUT2D eigenvalue weighted by Gasteiger charge is -2.26. The van der Waals surface area contributed by atoms with Crippen LogP contribution in [0, 0.1) is 0 Å². The monoisotopic (exact) mass is 464 g/mol. The molecular formula is C21H21ClN2O8. The van der Waals surface area contributed by atoms with E-state index in [9.17, 15) is 14.4 Å². The van der Waals surface area contributed by atoms with E-state index in [0.717, 1.165) is 0 Å². The highest BCUT2D eigenvalue weighted by Gasteiger charge is 2.22. The molecule has 1 unspecified atom stereocenters. The minimum absolute atomic E-state index is 0.0552. The van der Waals surface area contributed by atoms with Gasteiger partial charge in [0.15, 0.2) is 35.7 Å². The molecule has 0 saturated carbocycles. The summed E-state index contributed by atoms with van der Waals surface area (Å²) >= 11 is 6.05. The highest BCUT2D eigenvalue weighted by Crippen LogP contribution is 2.36. The van der Waals surface area contributed by atoms with Gasteiger partial charge < -0.3 is 29.0 Å². The standard InChI is InChI=1S/C21H21ClN2O8/c1-28-17-8-12(7-14(22)19(17)29-2)20(26)31-11-18(25)24-21(27)23-9-13-10-30-15-5-3-4-6-16(15)32-13/h3-8,13H,9-11H2,1-2H3,(H2,23,24,25,27). The summed E-state index contributed by atoms with van der Waals surface area (Å²) in [4.78, 5) is 36.0. The Kier molecular flexibility index (Phi) is 7.61. The van der Waals surface area contributed by atoms with Gasteiger partial charge in [0, 0.05) is 0 Å². The molecule has 0 radical (unpaired) electrons. The average Bonchev–Trinajstić information content (AvgIpc) is 2.80. The van der Waals surface area contributed by atoms with Gasteiger partial charge in [0.2, 0.25) is 0 Å². The van der Waals surface area contributed by atoms with Crippen molar-refractivity contribution < 1.29 is 38.1 Å². The van der Waals surface area contributed by atoms with Crippen LogP contribution in [0.1, 0.15) is 10.4 Å². The Morgan fingerprint density at radius 1 is 1.12 bits per heavy atom. The molecule has 0 fully saturated rings. The molecule has 2 aromatic carbocycles. The van der Waals surface area contributed by atoms with Gasteiger partial charge in [-0.3, -0.25) is 10.1 Å². The number of ether oxygens (including phenoxy) is 5. The minimum atomic E-state index is -0.824. The molecule has 0 aromatic heterocycles. The summed E-state index contributed by atoms with van der Waals surface area (Å²) in [5.41, 5.74) is 0.0552. The van der Waals surface area contributed by atoms with Gasteiger partial charge in [-0.25, -0.2) is 9.59 Å². The zero-order valence-corrected chi connectivity index (χ0v) is 18.1. The van der Waals surface area contributed by atoms with Crippen molar-refractivity contribution in [2.24, 2.45) is 0 Å². The Morgan fingerprint density at radius 2 is 1.88 bits per heavy atom. The molecule has 0 aliphatic carbocycles. The van der Waals surface area contributed by atoms with Gasteiger partial charge in [-0.05, 0) is 24.3 Å². The van der Waals surface area contributed by atoms with E-state index >= 15 is 0 Å². The van der Waals surface area contributed by atoms with Gasteiger partial charge in [-0.15, -0.1) is 0 Å². The van der Waals surface area contributed by atoms with Crippen LogP contribution in [0.25, 0.3) is 0 Å².